The van der Waals surface area contributed by atoms with E-state index in [0.29, 0.717) is 0 Å². The molecule has 0 spiro atoms. The van der Waals surface area contributed by atoms with E-state index < -0.39 is 0 Å². The second-order valence-electron chi connectivity index (χ2n) is 14.8. The summed E-state index contributed by atoms with van der Waals surface area (Å²) in [5.41, 5.74) is 16.3. The van der Waals surface area contributed by atoms with E-state index in [-0.39, 0.29) is 5.41 Å². The van der Waals surface area contributed by atoms with E-state index in [4.69, 9.17) is 0 Å². The summed E-state index contributed by atoms with van der Waals surface area (Å²) in [5, 5.41) is 10.8. The average Bonchev–Trinajstić information content (AvgIpc) is 3.67. The quantitative estimate of drug-likeness (QED) is 0.172. The molecule has 230 valence electrons. The van der Waals surface area contributed by atoms with E-state index in [2.05, 4.69) is 159 Å². The lowest BCUT2D eigenvalue weighted by molar-refractivity contribution is 0.660. The van der Waals surface area contributed by atoms with Crippen LogP contribution in [0.15, 0.2) is 146 Å². The fourth-order valence-electron chi connectivity index (χ4n) is 9.50. The molecule has 9 aromatic rings. The lowest BCUT2D eigenvalue weighted by Gasteiger charge is -2.22. The molecule has 0 fully saturated rings. The summed E-state index contributed by atoms with van der Waals surface area (Å²) >= 11 is 0. The number of fused-ring (bicyclic) bond motifs is 3. The fraction of sp³-hybridized carbons (Fsp3) is 0.102. The Bertz CT molecular complexity index is 2820. The van der Waals surface area contributed by atoms with Gasteiger partial charge in [-0.15, -0.1) is 0 Å². The first kappa shape index (κ1) is 27.3. The van der Waals surface area contributed by atoms with Crippen LogP contribution in [0, 0.1) is 0 Å². The maximum Gasteiger partial charge on any atom is 0.0159 e. The van der Waals surface area contributed by atoms with Gasteiger partial charge >= 0.3 is 0 Å². The summed E-state index contributed by atoms with van der Waals surface area (Å²) < 4.78 is 0. The minimum Gasteiger partial charge on any atom is -0.0619 e. The Labute approximate surface area is 286 Å². The summed E-state index contributed by atoms with van der Waals surface area (Å²) in [4.78, 5) is 0. The molecule has 0 saturated heterocycles. The van der Waals surface area contributed by atoms with Crippen molar-refractivity contribution >= 4 is 43.1 Å². The Kier molecular flexibility index (Phi) is 5.38. The lowest BCUT2D eigenvalue weighted by atomic mass is 9.81. The third-order valence-corrected chi connectivity index (χ3v) is 11.9. The van der Waals surface area contributed by atoms with Gasteiger partial charge in [0.2, 0.25) is 0 Å². The minimum atomic E-state index is -0.0234. The van der Waals surface area contributed by atoms with Crippen molar-refractivity contribution in [1.82, 2.24) is 0 Å². The lowest BCUT2D eigenvalue weighted by Crippen LogP contribution is -2.14. The average molecular weight is 623 g/mol. The van der Waals surface area contributed by atoms with Gasteiger partial charge in [0, 0.05) is 5.41 Å². The molecule has 0 saturated carbocycles. The van der Waals surface area contributed by atoms with Crippen LogP contribution in [0.1, 0.15) is 36.1 Å². The number of benzene rings is 9. The van der Waals surface area contributed by atoms with Crippen LogP contribution in [-0.4, -0.2) is 0 Å². The molecule has 9 aromatic carbocycles. The van der Waals surface area contributed by atoms with Crippen molar-refractivity contribution in [3.8, 4) is 44.5 Å². The molecule has 0 aromatic heterocycles. The molecule has 0 amide bonds. The van der Waals surface area contributed by atoms with E-state index >= 15 is 0 Å². The second kappa shape index (κ2) is 9.68. The molecule has 0 radical (unpaired) electrons. The molecule has 0 atom stereocenters. The zero-order valence-corrected chi connectivity index (χ0v) is 27.8. The molecular formula is C49H34. The molecule has 0 nitrogen and oxygen atoms in total. The summed E-state index contributed by atoms with van der Waals surface area (Å²) in [7, 11) is 0. The van der Waals surface area contributed by atoms with E-state index in [1.165, 1.54) is 110 Å². The predicted octanol–water partition coefficient (Wildman–Crippen LogP) is 13.1. The molecule has 2 aliphatic carbocycles. The second-order valence-corrected chi connectivity index (χ2v) is 14.8. The van der Waals surface area contributed by atoms with Crippen LogP contribution in [0.25, 0.3) is 87.6 Å². The summed E-state index contributed by atoms with van der Waals surface area (Å²) in [6.07, 6.45) is 2.32. The van der Waals surface area contributed by atoms with E-state index in [0.717, 1.165) is 12.8 Å². The zero-order valence-electron chi connectivity index (χ0n) is 27.8. The smallest absolute Gasteiger partial charge is 0.0159 e. The fourth-order valence-corrected chi connectivity index (χ4v) is 9.50. The Hall–Kier alpha value is -5.72. The van der Waals surface area contributed by atoms with Crippen LogP contribution in [-0.2, 0) is 18.3 Å². The Morgan fingerprint density at radius 3 is 1.57 bits per heavy atom. The maximum atomic E-state index is 2.45. The van der Waals surface area contributed by atoms with Crippen molar-refractivity contribution in [2.45, 2.75) is 32.1 Å². The molecule has 0 unspecified atom stereocenters. The monoisotopic (exact) mass is 622 g/mol. The van der Waals surface area contributed by atoms with Gasteiger partial charge in [0.25, 0.3) is 0 Å². The van der Waals surface area contributed by atoms with Crippen LogP contribution >= 0.6 is 0 Å². The molecule has 49 heavy (non-hydrogen) atoms. The third kappa shape index (κ3) is 3.69. The number of aryl methyl sites for hydroxylation is 2. The Morgan fingerprint density at radius 1 is 0.367 bits per heavy atom. The van der Waals surface area contributed by atoms with Gasteiger partial charge in [-0.1, -0.05) is 153 Å². The highest BCUT2D eigenvalue weighted by atomic mass is 14.4. The normalized spacial score (nSPS) is 14.3. The topological polar surface area (TPSA) is 0 Å². The van der Waals surface area contributed by atoms with Crippen LogP contribution in [0.3, 0.4) is 0 Å². The standard InChI is InChI=1S/C49H34/c1-49(2)44-9-4-3-7-39(44)40-25-21-35(28-45(40)49)38-24-18-34-19-26-42-37(23-17-33-20-27-43(38)48(34)47(33)42)30-12-10-29(11-13-30)36-22-16-32-15-14-31-6-5-8-41(36)46(31)32/h3-13,16-28H,14-15H2,1-2H3. The first-order chi connectivity index (χ1) is 24.0. The molecule has 0 heterocycles. The predicted molar refractivity (Wildman–Crippen MR) is 209 cm³/mol. The van der Waals surface area contributed by atoms with Crippen LogP contribution in [0.4, 0.5) is 0 Å². The van der Waals surface area contributed by atoms with Gasteiger partial charge in [-0.3, -0.25) is 0 Å². The first-order valence-electron chi connectivity index (χ1n) is 17.6. The van der Waals surface area contributed by atoms with Crippen molar-refractivity contribution in [2.24, 2.45) is 0 Å². The molecule has 0 heteroatoms. The largest absolute Gasteiger partial charge is 0.0619 e. The van der Waals surface area contributed by atoms with Gasteiger partial charge in [-0.25, -0.2) is 0 Å². The molecule has 11 rings (SSSR count). The zero-order chi connectivity index (χ0) is 32.4. The first-order valence-corrected chi connectivity index (χ1v) is 17.6. The number of rotatable bonds is 3. The highest BCUT2D eigenvalue weighted by molar-refractivity contribution is 6.27. The van der Waals surface area contributed by atoms with Crippen molar-refractivity contribution in [3.05, 3.63) is 168 Å². The molecule has 0 aliphatic heterocycles. The van der Waals surface area contributed by atoms with E-state index in [1.54, 1.807) is 0 Å². The SMILES string of the molecule is CC1(C)c2ccccc2-c2ccc(-c3ccc4ccc5c(-c6ccc(-c7ccc8c9c(cccc79)CC8)cc6)ccc6ccc3c4c65)cc21. The van der Waals surface area contributed by atoms with Gasteiger partial charge in [0.1, 0.15) is 0 Å². The maximum absolute atomic E-state index is 2.45. The summed E-state index contributed by atoms with van der Waals surface area (Å²) in [5.74, 6) is 0. The number of hydrogen-bond donors (Lipinski definition) is 0. The van der Waals surface area contributed by atoms with Gasteiger partial charge in [0.05, 0.1) is 0 Å². The van der Waals surface area contributed by atoms with Crippen molar-refractivity contribution < 1.29 is 0 Å². The van der Waals surface area contributed by atoms with Crippen LogP contribution < -0.4 is 0 Å². The Morgan fingerprint density at radius 2 is 0.878 bits per heavy atom. The molecule has 0 bridgehead atoms. The highest BCUT2D eigenvalue weighted by Crippen LogP contribution is 2.50. The van der Waals surface area contributed by atoms with Crippen LogP contribution in [0.5, 0.6) is 0 Å². The van der Waals surface area contributed by atoms with Crippen LogP contribution in [0.2, 0.25) is 0 Å². The van der Waals surface area contributed by atoms with Gasteiger partial charge in [0.15, 0.2) is 0 Å². The minimum absolute atomic E-state index is 0.0234. The molecule has 0 N–H and O–H groups in total. The van der Waals surface area contributed by atoms with Crippen molar-refractivity contribution in [3.63, 3.8) is 0 Å². The van der Waals surface area contributed by atoms with Gasteiger partial charge in [-0.05, 0) is 129 Å². The molecule has 2 aliphatic rings. The third-order valence-electron chi connectivity index (χ3n) is 11.9. The van der Waals surface area contributed by atoms with E-state index in [1.807, 2.05) is 0 Å². The van der Waals surface area contributed by atoms with Gasteiger partial charge < -0.3 is 0 Å². The van der Waals surface area contributed by atoms with Crippen molar-refractivity contribution in [2.75, 3.05) is 0 Å². The Balaban J connectivity index is 1.05. The van der Waals surface area contributed by atoms with Crippen molar-refractivity contribution in [1.29, 1.82) is 0 Å². The molecular weight excluding hydrogens is 589 g/mol. The number of hydrogen-bond acceptors (Lipinski definition) is 0. The highest BCUT2D eigenvalue weighted by Gasteiger charge is 2.35. The van der Waals surface area contributed by atoms with Gasteiger partial charge in [-0.2, -0.15) is 0 Å². The van der Waals surface area contributed by atoms with E-state index in [9.17, 15) is 0 Å². The summed E-state index contributed by atoms with van der Waals surface area (Å²) in [6, 6.07) is 55.4. The summed E-state index contributed by atoms with van der Waals surface area (Å²) in [6.45, 7) is 4.73.